The van der Waals surface area contributed by atoms with Crippen LogP contribution in [0.1, 0.15) is 52.5 Å². The van der Waals surface area contributed by atoms with Crippen molar-refractivity contribution >= 4 is 17.7 Å². The second-order valence-corrected chi connectivity index (χ2v) is 8.05. The monoisotopic (exact) mass is 392 g/mol. The van der Waals surface area contributed by atoms with E-state index in [1.807, 2.05) is 0 Å². The number of phenols is 1. The van der Waals surface area contributed by atoms with Crippen molar-refractivity contribution < 1.29 is 34.1 Å². The molecule has 0 amide bonds. The van der Waals surface area contributed by atoms with E-state index >= 15 is 0 Å². The van der Waals surface area contributed by atoms with E-state index in [2.05, 4.69) is 0 Å². The molecule has 0 aliphatic heterocycles. The fourth-order valence-electron chi connectivity index (χ4n) is 3.76. The molecular formula is C21H28O7. The number of ketones is 1. The van der Waals surface area contributed by atoms with Crippen molar-refractivity contribution in [1.29, 1.82) is 0 Å². The maximum absolute atomic E-state index is 12.9. The van der Waals surface area contributed by atoms with Gasteiger partial charge in [-0.25, -0.2) is 0 Å². The van der Waals surface area contributed by atoms with E-state index in [0.717, 1.165) is 0 Å². The quantitative estimate of drug-likeness (QED) is 0.584. The zero-order valence-electron chi connectivity index (χ0n) is 16.8. The standard InChI is InChI=1S/C21H28O7/c1-11(2)27-19(24)17-15(23)10-21(5,26)18(20(25)28-12(3)4)16(17)13-7-6-8-14(22)9-13/h6-9,11-12,16-18,22,26H,10H2,1-5H3/t16-,17-,18+,21-/m0/s1. The molecule has 1 aliphatic carbocycles. The van der Waals surface area contributed by atoms with Crippen LogP contribution < -0.4 is 0 Å². The molecule has 7 heteroatoms. The maximum atomic E-state index is 12.9. The van der Waals surface area contributed by atoms with Crippen LogP contribution in [0.15, 0.2) is 24.3 Å². The Hall–Kier alpha value is -2.41. The minimum absolute atomic E-state index is 0.0814. The summed E-state index contributed by atoms with van der Waals surface area (Å²) in [4.78, 5) is 38.4. The minimum atomic E-state index is -1.71. The second kappa shape index (κ2) is 8.31. The topological polar surface area (TPSA) is 110 Å². The highest BCUT2D eigenvalue weighted by Gasteiger charge is 2.57. The highest BCUT2D eigenvalue weighted by molar-refractivity contribution is 6.02. The molecule has 1 saturated carbocycles. The predicted molar refractivity (Wildman–Crippen MR) is 101 cm³/mol. The summed E-state index contributed by atoms with van der Waals surface area (Å²) in [5.74, 6) is -5.55. The molecule has 0 aromatic heterocycles. The molecule has 1 fully saturated rings. The first kappa shape index (κ1) is 21.9. The maximum Gasteiger partial charge on any atom is 0.317 e. The molecule has 28 heavy (non-hydrogen) atoms. The molecule has 0 bridgehead atoms. The van der Waals surface area contributed by atoms with E-state index in [0.29, 0.717) is 5.56 Å². The molecule has 2 N–H and O–H groups in total. The van der Waals surface area contributed by atoms with Crippen molar-refractivity contribution in [1.82, 2.24) is 0 Å². The van der Waals surface area contributed by atoms with Gasteiger partial charge in [-0.1, -0.05) is 12.1 Å². The first-order chi connectivity index (χ1) is 12.9. The summed E-state index contributed by atoms with van der Waals surface area (Å²) in [6.45, 7) is 8.06. The summed E-state index contributed by atoms with van der Waals surface area (Å²) in [6.07, 6.45) is -1.27. The summed E-state index contributed by atoms with van der Waals surface area (Å²) in [6, 6.07) is 5.97. The van der Waals surface area contributed by atoms with Crippen molar-refractivity contribution in [3.8, 4) is 5.75 Å². The first-order valence-corrected chi connectivity index (χ1v) is 9.39. The summed E-state index contributed by atoms with van der Waals surface area (Å²) in [5.41, 5.74) is -1.34. The Morgan fingerprint density at radius 1 is 1.11 bits per heavy atom. The highest BCUT2D eigenvalue weighted by atomic mass is 16.5. The van der Waals surface area contributed by atoms with Crippen molar-refractivity contribution in [2.75, 3.05) is 0 Å². The molecule has 1 aromatic carbocycles. The average Bonchev–Trinajstić information content (AvgIpc) is 2.51. The molecule has 1 aromatic rings. The molecule has 154 valence electrons. The highest BCUT2D eigenvalue weighted by Crippen LogP contribution is 2.47. The Balaban J connectivity index is 2.61. The molecule has 0 saturated heterocycles. The number of hydrogen-bond acceptors (Lipinski definition) is 7. The van der Waals surface area contributed by atoms with Gasteiger partial charge in [0.1, 0.15) is 11.7 Å². The Bertz CT molecular complexity index is 743. The van der Waals surface area contributed by atoms with Crippen LogP contribution in [-0.4, -0.2) is 45.7 Å². The fourth-order valence-corrected chi connectivity index (χ4v) is 3.76. The number of aliphatic hydroxyl groups is 1. The number of rotatable bonds is 5. The van der Waals surface area contributed by atoms with Gasteiger partial charge in [-0.3, -0.25) is 14.4 Å². The number of carbonyl (C=O) groups excluding carboxylic acids is 3. The molecule has 0 radical (unpaired) electrons. The van der Waals surface area contributed by atoms with Gasteiger partial charge in [0, 0.05) is 12.3 Å². The SMILES string of the molecule is CC(C)OC(=O)[C@H]1C(=O)C[C@](C)(O)[C@@H](C(=O)OC(C)C)[C@H]1c1cccc(O)c1. The van der Waals surface area contributed by atoms with Gasteiger partial charge < -0.3 is 19.7 Å². The zero-order valence-corrected chi connectivity index (χ0v) is 16.8. The molecule has 0 heterocycles. The van der Waals surface area contributed by atoms with E-state index in [1.54, 1.807) is 39.8 Å². The number of carbonyl (C=O) groups is 3. The summed E-state index contributed by atoms with van der Waals surface area (Å²) < 4.78 is 10.6. The van der Waals surface area contributed by atoms with Crippen molar-refractivity contribution in [3.05, 3.63) is 29.8 Å². The number of ether oxygens (including phenoxy) is 2. The lowest BCUT2D eigenvalue weighted by atomic mass is 9.61. The summed E-state index contributed by atoms with van der Waals surface area (Å²) >= 11 is 0. The third-order valence-corrected chi connectivity index (χ3v) is 4.73. The van der Waals surface area contributed by atoms with Crippen LogP contribution in [0.5, 0.6) is 5.75 Å². The van der Waals surface area contributed by atoms with E-state index in [4.69, 9.17) is 9.47 Å². The van der Waals surface area contributed by atoms with E-state index in [9.17, 15) is 24.6 Å². The van der Waals surface area contributed by atoms with E-state index in [-0.39, 0.29) is 12.2 Å². The van der Waals surface area contributed by atoms with Crippen LogP contribution in [-0.2, 0) is 23.9 Å². The van der Waals surface area contributed by atoms with Gasteiger partial charge in [0.25, 0.3) is 0 Å². The fraction of sp³-hybridized carbons (Fsp3) is 0.571. The summed E-state index contributed by atoms with van der Waals surface area (Å²) in [7, 11) is 0. The van der Waals surface area contributed by atoms with Crippen LogP contribution >= 0.6 is 0 Å². The Morgan fingerprint density at radius 3 is 2.21 bits per heavy atom. The van der Waals surface area contributed by atoms with Crippen LogP contribution in [0.3, 0.4) is 0 Å². The number of phenolic OH excluding ortho intramolecular Hbond substituents is 1. The van der Waals surface area contributed by atoms with Crippen molar-refractivity contribution in [2.24, 2.45) is 11.8 Å². The van der Waals surface area contributed by atoms with Gasteiger partial charge in [-0.2, -0.15) is 0 Å². The predicted octanol–water partition coefficient (Wildman–Crippen LogP) is 2.34. The van der Waals surface area contributed by atoms with Crippen LogP contribution in [0.2, 0.25) is 0 Å². The number of Topliss-reactive ketones (excluding diaryl/α,β-unsaturated/α-hetero) is 1. The molecule has 0 unspecified atom stereocenters. The zero-order chi connectivity index (χ0) is 21.2. The van der Waals surface area contributed by atoms with Gasteiger partial charge in [-0.15, -0.1) is 0 Å². The number of aromatic hydroxyl groups is 1. The average molecular weight is 392 g/mol. The first-order valence-electron chi connectivity index (χ1n) is 9.39. The third kappa shape index (κ3) is 4.70. The van der Waals surface area contributed by atoms with Crippen molar-refractivity contribution in [2.45, 2.75) is 64.8 Å². The minimum Gasteiger partial charge on any atom is -0.508 e. The molecule has 7 nitrogen and oxygen atoms in total. The van der Waals surface area contributed by atoms with E-state index in [1.165, 1.54) is 19.1 Å². The van der Waals surface area contributed by atoms with Gasteiger partial charge >= 0.3 is 11.9 Å². The van der Waals surface area contributed by atoms with Crippen LogP contribution in [0, 0.1) is 11.8 Å². The lowest BCUT2D eigenvalue weighted by Gasteiger charge is -2.44. The number of esters is 2. The molecule has 4 atom stereocenters. The van der Waals surface area contributed by atoms with Crippen LogP contribution in [0.4, 0.5) is 0 Å². The van der Waals surface area contributed by atoms with Gasteiger partial charge in [0.15, 0.2) is 5.78 Å². The van der Waals surface area contributed by atoms with Gasteiger partial charge in [0.05, 0.1) is 23.7 Å². The molecule has 1 aliphatic rings. The number of hydrogen-bond donors (Lipinski definition) is 2. The molecule has 2 rings (SSSR count). The largest absolute Gasteiger partial charge is 0.508 e. The summed E-state index contributed by atoms with van der Waals surface area (Å²) in [5, 5.41) is 20.8. The Morgan fingerprint density at radius 2 is 1.68 bits per heavy atom. The molecule has 0 spiro atoms. The van der Waals surface area contributed by atoms with E-state index < -0.39 is 53.3 Å². The normalized spacial score (nSPS) is 27.7. The van der Waals surface area contributed by atoms with Gasteiger partial charge in [0.2, 0.25) is 0 Å². The van der Waals surface area contributed by atoms with Gasteiger partial charge in [-0.05, 0) is 52.3 Å². The Kier molecular flexibility index (Phi) is 6.49. The lowest BCUT2D eigenvalue weighted by molar-refractivity contribution is -0.176. The van der Waals surface area contributed by atoms with Crippen LogP contribution in [0.25, 0.3) is 0 Å². The molecular weight excluding hydrogens is 364 g/mol. The number of benzene rings is 1. The Labute approximate surface area is 164 Å². The third-order valence-electron chi connectivity index (χ3n) is 4.73. The second-order valence-electron chi connectivity index (χ2n) is 8.05. The van der Waals surface area contributed by atoms with Crippen molar-refractivity contribution in [3.63, 3.8) is 0 Å². The smallest absolute Gasteiger partial charge is 0.317 e. The lowest BCUT2D eigenvalue weighted by Crippen LogP contribution is -2.55.